The molecule has 3 heterocycles. The van der Waals surface area contributed by atoms with Crippen LogP contribution >= 0.6 is 0 Å². The van der Waals surface area contributed by atoms with Crippen molar-refractivity contribution >= 4 is 29.7 Å². The molecule has 0 aromatic carbocycles. The van der Waals surface area contributed by atoms with E-state index >= 15 is 0 Å². The van der Waals surface area contributed by atoms with Crippen LogP contribution in [0.15, 0.2) is 25.0 Å². The van der Waals surface area contributed by atoms with Gasteiger partial charge in [-0.25, -0.2) is 14.8 Å². The van der Waals surface area contributed by atoms with Gasteiger partial charge in [0, 0.05) is 49.6 Å². The first-order chi connectivity index (χ1) is 17.7. The number of amides is 3. The highest BCUT2D eigenvalue weighted by molar-refractivity contribution is 5.94. The van der Waals surface area contributed by atoms with Gasteiger partial charge in [0.15, 0.2) is 0 Å². The van der Waals surface area contributed by atoms with Crippen LogP contribution < -0.4 is 16.4 Å². The lowest BCUT2D eigenvalue weighted by atomic mass is 10.1. The summed E-state index contributed by atoms with van der Waals surface area (Å²) in [4.78, 5) is 76.6. The van der Waals surface area contributed by atoms with Crippen molar-refractivity contribution in [3.8, 4) is 0 Å². The number of hydrogen-bond donors (Lipinski definition) is 7. The first-order valence-electron chi connectivity index (χ1n) is 11.7. The molecule has 8 N–H and O–H groups in total. The highest BCUT2D eigenvalue weighted by atomic mass is 16.4. The van der Waals surface area contributed by atoms with E-state index in [2.05, 4.69) is 30.6 Å². The van der Waals surface area contributed by atoms with Crippen LogP contribution in [0.1, 0.15) is 37.1 Å². The van der Waals surface area contributed by atoms with Crippen molar-refractivity contribution < 1.29 is 34.2 Å². The zero-order chi connectivity index (χ0) is 26.9. The molecule has 15 nitrogen and oxygen atoms in total. The van der Waals surface area contributed by atoms with Gasteiger partial charge in [0.1, 0.15) is 18.1 Å². The molecule has 2 aromatic heterocycles. The number of nitrogens with zero attached hydrogens (tertiary/aromatic N) is 3. The minimum Gasteiger partial charge on any atom is -0.481 e. The van der Waals surface area contributed by atoms with Gasteiger partial charge >= 0.3 is 11.9 Å². The Morgan fingerprint density at radius 2 is 1.62 bits per heavy atom. The molecule has 3 rings (SSSR count). The summed E-state index contributed by atoms with van der Waals surface area (Å²) in [6.45, 7) is 0.173. The molecule has 15 heteroatoms. The van der Waals surface area contributed by atoms with E-state index in [0.29, 0.717) is 17.8 Å². The minimum atomic E-state index is -1.30. The normalized spacial score (nSPS) is 17.5. The molecule has 0 saturated carbocycles. The van der Waals surface area contributed by atoms with Crippen LogP contribution in [0, 0.1) is 0 Å². The summed E-state index contributed by atoms with van der Waals surface area (Å²) in [5.74, 6) is -4.44. The Hall–Kier alpha value is -4.27. The summed E-state index contributed by atoms with van der Waals surface area (Å²) in [6.07, 6.45) is 5.97. The van der Waals surface area contributed by atoms with Crippen molar-refractivity contribution in [2.45, 2.75) is 62.7 Å². The maximum atomic E-state index is 13.3. The number of aromatic amines is 2. The monoisotopic (exact) mass is 518 g/mol. The zero-order valence-electron chi connectivity index (χ0n) is 19.9. The predicted molar refractivity (Wildman–Crippen MR) is 126 cm³/mol. The molecular formula is C22H30N8O7. The number of carbonyl (C=O) groups is 5. The van der Waals surface area contributed by atoms with E-state index in [1.165, 1.54) is 25.0 Å². The predicted octanol–water partition coefficient (Wildman–Crippen LogP) is -1.84. The highest BCUT2D eigenvalue weighted by Gasteiger charge is 2.38. The van der Waals surface area contributed by atoms with Crippen molar-refractivity contribution in [1.82, 2.24) is 35.5 Å². The molecule has 1 saturated heterocycles. The van der Waals surface area contributed by atoms with Gasteiger partial charge in [-0.1, -0.05) is 0 Å². The number of rotatable bonds is 13. The lowest BCUT2D eigenvalue weighted by molar-refractivity contribution is -0.150. The SMILES string of the molecule is NC(Cc1cnc[nH]1)C(=O)NC(Cc1cnc[nH]1)C(=O)NC(CCC(=O)O)C(=O)N1CCCC1C(=O)O. The molecule has 1 aliphatic rings. The van der Waals surface area contributed by atoms with E-state index in [1.807, 2.05) is 0 Å². The topological polar surface area (TPSA) is 236 Å². The fourth-order valence-electron chi connectivity index (χ4n) is 4.12. The number of hydrogen-bond acceptors (Lipinski definition) is 8. The van der Waals surface area contributed by atoms with Gasteiger partial charge in [0.2, 0.25) is 17.7 Å². The Labute approximate surface area is 211 Å². The van der Waals surface area contributed by atoms with E-state index in [9.17, 15) is 29.1 Å². The number of carbonyl (C=O) groups excluding carboxylic acids is 3. The van der Waals surface area contributed by atoms with Crippen LogP contribution in [-0.2, 0) is 36.8 Å². The van der Waals surface area contributed by atoms with E-state index in [4.69, 9.17) is 10.8 Å². The van der Waals surface area contributed by atoms with Crippen molar-refractivity contribution in [1.29, 1.82) is 0 Å². The summed E-state index contributed by atoms with van der Waals surface area (Å²) in [5, 5.41) is 23.7. The quantitative estimate of drug-likeness (QED) is 0.156. The molecular weight excluding hydrogens is 488 g/mol. The van der Waals surface area contributed by atoms with Crippen molar-refractivity contribution in [2.24, 2.45) is 5.73 Å². The van der Waals surface area contributed by atoms with Crippen LogP contribution in [0.2, 0.25) is 0 Å². The van der Waals surface area contributed by atoms with Gasteiger partial charge in [-0.2, -0.15) is 0 Å². The van der Waals surface area contributed by atoms with E-state index in [-0.39, 0.29) is 32.2 Å². The Balaban J connectivity index is 1.75. The first kappa shape index (κ1) is 27.3. The number of likely N-dealkylation sites (tertiary alicyclic amines) is 1. The average molecular weight is 519 g/mol. The maximum absolute atomic E-state index is 13.3. The van der Waals surface area contributed by atoms with Gasteiger partial charge in [0.25, 0.3) is 0 Å². The number of imidazole rings is 2. The zero-order valence-corrected chi connectivity index (χ0v) is 19.9. The number of carboxylic acids is 2. The lowest BCUT2D eigenvalue weighted by Gasteiger charge is -2.28. The van der Waals surface area contributed by atoms with Crippen LogP contribution in [0.25, 0.3) is 0 Å². The molecule has 2 aromatic rings. The smallest absolute Gasteiger partial charge is 0.326 e. The van der Waals surface area contributed by atoms with E-state index in [1.54, 1.807) is 0 Å². The van der Waals surface area contributed by atoms with Crippen molar-refractivity contribution in [3.63, 3.8) is 0 Å². The van der Waals surface area contributed by atoms with E-state index < -0.39 is 60.2 Å². The lowest BCUT2D eigenvalue weighted by Crippen LogP contribution is -2.58. The van der Waals surface area contributed by atoms with Gasteiger partial charge in [-0.05, 0) is 19.3 Å². The standard InChI is InChI=1S/C22H30N8O7/c23-14(6-12-8-24-10-26-12)19(33)29-16(7-13-9-25-11-27-13)20(34)28-15(3-4-18(31)32)21(35)30-5-1-2-17(30)22(36)37/h8-11,14-17H,1-7,23H2,(H,24,26)(H,25,27)(H,28,34)(H,29,33)(H,31,32)(H,36,37). The summed E-state index contributed by atoms with van der Waals surface area (Å²) in [7, 11) is 0. The van der Waals surface area contributed by atoms with Gasteiger partial charge in [-0.3, -0.25) is 19.2 Å². The van der Waals surface area contributed by atoms with Gasteiger partial charge in [0.05, 0.1) is 18.7 Å². The number of aliphatic carboxylic acids is 2. The molecule has 0 bridgehead atoms. The second-order valence-electron chi connectivity index (χ2n) is 8.75. The fraction of sp³-hybridized carbons (Fsp3) is 0.500. The van der Waals surface area contributed by atoms with Gasteiger partial charge in [-0.15, -0.1) is 0 Å². The number of nitrogens with two attached hydrogens (primary N) is 1. The first-order valence-corrected chi connectivity index (χ1v) is 11.7. The summed E-state index contributed by atoms with van der Waals surface area (Å²) in [5.41, 5.74) is 7.13. The molecule has 4 unspecified atom stereocenters. The Morgan fingerprint density at radius 3 is 2.19 bits per heavy atom. The fourth-order valence-corrected chi connectivity index (χ4v) is 4.12. The molecule has 1 aliphatic heterocycles. The van der Waals surface area contributed by atoms with Crippen LogP contribution in [0.3, 0.4) is 0 Å². The number of aromatic nitrogens is 4. The van der Waals surface area contributed by atoms with Gasteiger partial charge < -0.3 is 41.4 Å². The molecule has 0 radical (unpaired) electrons. The average Bonchev–Trinajstić information content (AvgIpc) is 3.63. The number of carboxylic acid groups (broad SMARTS) is 2. The third-order valence-corrected chi connectivity index (χ3v) is 6.03. The molecule has 3 amide bonds. The number of H-pyrrole nitrogens is 2. The molecule has 1 fully saturated rings. The Bertz CT molecular complexity index is 1090. The molecule has 200 valence electrons. The van der Waals surface area contributed by atoms with Crippen molar-refractivity contribution in [3.05, 3.63) is 36.4 Å². The summed E-state index contributed by atoms with van der Waals surface area (Å²) < 4.78 is 0. The number of nitrogens with one attached hydrogen (secondary N) is 4. The van der Waals surface area contributed by atoms with Crippen LogP contribution in [0.5, 0.6) is 0 Å². The molecule has 0 aliphatic carbocycles. The summed E-state index contributed by atoms with van der Waals surface area (Å²) in [6, 6.07) is -4.56. The summed E-state index contributed by atoms with van der Waals surface area (Å²) >= 11 is 0. The second kappa shape index (κ2) is 12.6. The largest absolute Gasteiger partial charge is 0.481 e. The molecule has 37 heavy (non-hydrogen) atoms. The third-order valence-electron chi connectivity index (χ3n) is 6.03. The molecule has 4 atom stereocenters. The highest BCUT2D eigenvalue weighted by Crippen LogP contribution is 2.20. The van der Waals surface area contributed by atoms with Crippen LogP contribution in [-0.4, -0.2) is 95.4 Å². The Morgan fingerprint density at radius 1 is 1.00 bits per heavy atom. The van der Waals surface area contributed by atoms with Crippen LogP contribution in [0.4, 0.5) is 0 Å². The Kier molecular flexibility index (Phi) is 9.32. The second-order valence-corrected chi connectivity index (χ2v) is 8.75. The minimum absolute atomic E-state index is 0.0182. The maximum Gasteiger partial charge on any atom is 0.326 e. The van der Waals surface area contributed by atoms with Crippen molar-refractivity contribution in [2.75, 3.05) is 6.54 Å². The molecule has 0 spiro atoms. The third kappa shape index (κ3) is 7.60. The van der Waals surface area contributed by atoms with E-state index in [0.717, 1.165) is 4.90 Å².